The van der Waals surface area contributed by atoms with Crippen molar-refractivity contribution in [1.82, 2.24) is 0 Å². The van der Waals surface area contributed by atoms with Gasteiger partial charge in [0.25, 0.3) is 0 Å². The zero-order valence-corrected chi connectivity index (χ0v) is 7.97. The van der Waals surface area contributed by atoms with E-state index in [2.05, 4.69) is 5.92 Å². The first kappa shape index (κ1) is 10.5. The summed E-state index contributed by atoms with van der Waals surface area (Å²) in [7, 11) is 1.35. The van der Waals surface area contributed by atoms with Gasteiger partial charge in [0.15, 0.2) is 0 Å². The fourth-order valence-electron chi connectivity index (χ4n) is 1.18. The van der Waals surface area contributed by atoms with Gasteiger partial charge < -0.3 is 4.74 Å². The molecular weight excluding hydrogens is 186 g/mol. The Morgan fingerprint density at radius 2 is 1.86 bits per heavy atom. The number of terminal acetylenes is 1. The predicted octanol–water partition coefficient (Wildman–Crippen LogP) is 2.71. The second-order valence-electron chi connectivity index (χ2n) is 2.89. The third-order valence-electron chi connectivity index (χ3n) is 1.97. The molecule has 1 nitrogen and oxygen atoms in total. The molecule has 0 heterocycles. The van der Waals surface area contributed by atoms with Crippen LogP contribution in [0.5, 0.6) is 5.75 Å². The van der Waals surface area contributed by atoms with E-state index in [1.165, 1.54) is 7.11 Å². The highest BCUT2D eigenvalue weighted by atomic mass is 19.1. The van der Waals surface area contributed by atoms with Crippen LogP contribution in [0, 0.1) is 24.0 Å². The quantitative estimate of drug-likeness (QED) is 0.661. The lowest BCUT2D eigenvalue weighted by Crippen LogP contribution is -2.00. The van der Waals surface area contributed by atoms with Crippen LogP contribution >= 0.6 is 0 Å². The Balaban J connectivity index is 3.26. The van der Waals surface area contributed by atoms with Gasteiger partial charge >= 0.3 is 0 Å². The molecule has 74 valence electrons. The van der Waals surface area contributed by atoms with Crippen molar-refractivity contribution in [1.29, 1.82) is 0 Å². The molecule has 0 aliphatic heterocycles. The molecule has 1 aromatic carbocycles. The van der Waals surface area contributed by atoms with Crippen LogP contribution in [-0.4, -0.2) is 7.11 Å². The summed E-state index contributed by atoms with van der Waals surface area (Å²) in [5.41, 5.74) is -0.0895. The third-order valence-corrected chi connectivity index (χ3v) is 1.97. The maximum Gasteiger partial charge on any atom is 0.134 e. The molecular formula is C11H10F2O. The van der Waals surface area contributed by atoms with Crippen LogP contribution in [0.3, 0.4) is 0 Å². The molecule has 0 aliphatic carbocycles. The Kier molecular flexibility index (Phi) is 3.08. The zero-order chi connectivity index (χ0) is 10.7. The van der Waals surface area contributed by atoms with E-state index >= 15 is 0 Å². The summed E-state index contributed by atoms with van der Waals surface area (Å²) in [5.74, 6) is 0.496. The lowest BCUT2D eigenvalue weighted by Gasteiger charge is -2.09. The first-order valence-corrected chi connectivity index (χ1v) is 4.09. The Hall–Kier alpha value is -1.56. The summed E-state index contributed by atoms with van der Waals surface area (Å²) >= 11 is 0. The van der Waals surface area contributed by atoms with Crippen molar-refractivity contribution in [2.45, 2.75) is 12.8 Å². The highest BCUT2D eigenvalue weighted by molar-refractivity contribution is 5.35. The molecule has 14 heavy (non-hydrogen) atoms. The number of halogens is 2. The number of hydrogen-bond donors (Lipinski definition) is 0. The minimum atomic E-state index is -0.674. The van der Waals surface area contributed by atoms with Crippen LogP contribution < -0.4 is 4.74 Å². The van der Waals surface area contributed by atoms with Crippen molar-refractivity contribution in [3.05, 3.63) is 29.3 Å². The van der Waals surface area contributed by atoms with Gasteiger partial charge in [-0.15, -0.1) is 6.42 Å². The van der Waals surface area contributed by atoms with Gasteiger partial charge in [-0.2, -0.15) is 0 Å². The Labute approximate surface area is 81.7 Å². The fraction of sp³-hybridized carbons (Fsp3) is 0.273. The highest BCUT2D eigenvalue weighted by Gasteiger charge is 2.15. The van der Waals surface area contributed by atoms with Crippen molar-refractivity contribution < 1.29 is 13.5 Å². The van der Waals surface area contributed by atoms with Gasteiger partial charge in [-0.3, -0.25) is 0 Å². The molecule has 1 unspecified atom stereocenters. The van der Waals surface area contributed by atoms with Gasteiger partial charge in [0, 0.05) is 23.6 Å². The minimum absolute atomic E-state index is 0.0895. The standard InChI is InChI=1S/C11H10F2O/c1-4-7(2)11-9(12)5-8(14-3)6-10(11)13/h1,5-7H,2-3H3. The van der Waals surface area contributed by atoms with Crippen LogP contribution in [0.25, 0.3) is 0 Å². The van der Waals surface area contributed by atoms with Gasteiger partial charge in [0.1, 0.15) is 17.4 Å². The smallest absolute Gasteiger partial charge is 0.134 e. The molecule has 0 N–H and O–H groups in total. The molecule has 0 saturated carbocycles. The summed E-state index contributed by atoms with van der Waals surface area (Å²) in [4.78, 5) is 0. The molecule has 0 aromatic heterocycles. The first-order valence-electron chi connectivity index (χ1n) is 4.09. The molecule has 3 heteroatoms. The molecule has 0 radical (unpaired) electrons. The van der Waals surface area contributed by atoms with E-state index in [-0.39, 0.29) is 11.3 Å². The lowest BCUT2D eigenvalue weighted by atomic mass is 10.0. The van der Waals surface area contributed by atoms with Gasteiger partial charge in [0.2, 0.25) is 0 Å². The van der Waals surface area contributed by atoms with Crippen LogP contribution in [0.15, 0.2) is 12.1 Å². The summed E-state index contributed by atoms with van der Waals surface area (Å²) < 4.78 is 31.4. The number of benzene rings is 1. The van der Waals surface area contributed by atoms with Crippen LogP contribution in [0.2, 0.25) is 0 Å². The second-order valence-corrected chi connectivity index (χ2v) is 2.89. The summed E-state index contributed by atoms with van der Waals surface area (Å²) in [6.07, 6.45) is 5.10. The molecule has 1 atom stereocenters. The largest absolute Gasteiger partial charge is 0.497 e. The van der Waals surface area contributed by atoms with E-state index in [0.717, 1.165) is 12.1 Å². The van der Waals surface area contributed by atoms with E-state index in [1.54, 1.807) is 6.92 Å². The normalized spacial score (nSPS) is 11.9. The van der Waals surface area contributed by atoms with Gasteiger partial charge in [-0.05, 0) is 6.92 Å². The lowest BCUT2D eigenvalue weighted by molar-refractivity contribution is 0.405. The van der Waals surface area contributed by atoms with Gasteiger partial charge in [-0.1, -0.05) is 5.92 Å². The maximum absolute atomic E-state index is 13.3. The Morgan fingerprint density at radius 3 is 2.21 bits per heavy atom. The molecule has 0 aliphatic rings. The zero-order valence-electron chi connectivity index (χ0n) is 7.97. The summed E-state index contributed by atoms with van der Waals surface area (Å²) in [5, 5.41) is 0. The molecule has 1 aromatic rings. The van der Waals surface area contributed by atoms with E-state index in [0.29, 0.717) is 0 Å². The van der Waals surface area contributed by atoms with Crippen molar-refractivity contribution in [3.8, 4) is 18.1 Å². The fourth-order valence-corrected chi connectivity index (χ4v) is 1.18. The van der Waals surface area contributed by atoms with Gasteiger partial charge in [-0.25, -0.2) is 8.78 Å². The molecule has 0 fully saturated rings. The van der Waals surface area contributed by atoms with Crippen molar-refractivity contribution in [2.75, 3.05) is 7.11 Å². The van der Waals surface area contributed by atoms with Crippen molar-refractivity contribution >= 4 is 0 Å². The molecule has 0 bridgehead atoms. The maximum atomic E-state index is 13.3. The molecule has 0 spiro atoms. The van der Waals surface area contributed by atoms with Crippen molar-refractivity contribution in [2.24, 2.45) is 0 Å². The predicted molar refractivity (Wildman–Crippen MR) is 50.2 cm³/mol. The van der Waals surface area contributed by atoms with Crippen LogP contribution in [0.4, 0.5) is 8.78 Å². The van der Waals surface area contributed by atoms with E-state index in [4.69, 9.17) is 11.2 Å². The number of rotatable bonds is 2. The number of ether oxygens (including phenoxy) is 1. The van der Waals surface area contributed by atoms with E-state index in [9.17, 15) is 8.78 Å². The van der Waals surface area contributed by atoms with Crippen LogP contribution in [-0.2, 0) is 0 Å². The van der Waals surface area contributed by atoms with Gasteiger partial charge in [0.05, 0.1) is 7.11 Å². The van der Waals surface area contributed by atoms with E-state index in [1.807, 2.05) is 0 Å². The average molecular weight is 196 g/mol. The molecule has 0 saturated heterocycles. The average Bonchev–Trinajstić information content (AvgIpc) is 2.16. The molecule has 0 amide bonds. The van der Waals surface area contributed by atoms with E-state index < -0.39 is 17.6 Å². The summed E-state index contributed by atoms with van der Waals surface area (Å²) in [6.45, 7) is 1.56. The van der Waals surface area contributed by atoms with Crippen LogP contribution in [0.1, 0.15) is 18.4 Å². The Bertz CT molecular complexity index is 356. The Morgan fingerprint density at radius 1 is 1.36 bits per heavy atom. The first-order chi connectivity index (χ1) is 6.60. The highest BCUT2D eigenvalue weighted by Crippen LogP contribution is 2.26. The third kappa shape index (κ3) is 1.85. The SMILES string of the molecule is C#CC(C)c1c(F)cc(OC)cc1F. The minimum Gasteiger partial charge on any atom is -0.497 e. The summed E-state index contributed by atoms with van der Waals surface area (Å²) in [6, 6.07) is 2.23. The topological polar surface area (TPSA) is 9.23 Å². The molecule has 1 rings (SSSR count). The van der Waals surface area contributed by atoms with Crippen molar-refractivity contribution in [3.63, 3.8) is 0 Å². The number of hydrogen-bond acceptors (Lipinski definition) is 1. The number of methoxy groups -OCH3 is 1. The second kappa shape index (κ2) is 4.10. The monoisotopic (exact) mass is 196 g/mol.